The number of sulfonamides is 1. The molecule has 0 N–H and O–H groups in total. The number of morpholine rings is 1. The average molecular weight is 318 g/mol. The Morgan fingerprint density at radius 2 is 1.71 bits per heavy atom. The topological polar surface area (TPSA) is 66.9 Å². The maximum atomic E-state index is 12.3. The largest absolute Gasteiger partial charge is 0.378 e. The van der Waals surface area contributed by atoms with Gasteiger partial charge in [-0.15, -0.1) is 0 Å². The summed E-state index contributed by atoms with van der Waals surface area (Å²) in [5.41, 5.74) is 0. The van der Waals surface area contributed by atoms with Crippen LogP contribution in [0.15, 0.2) is 0 Å². The maximum Gasteiger partial charge on any atom is 0.238 e. The van der Waals surface area contributed by atoms with Gasteiger partial charge in [-0.1, -0.05) is 25.7 Å². The maximum absolute atomic E-state index is 12.3. The summed E-state index contributed by atoms with van der Waals surface area (Å²) in [4.78, 5) is 14.1. The first-order valence-corrected chi connectivity index (χ1v) is 9.65. The number of carbonyl (C=O) groups excluding carboxylic acids is 1. The van der Waals surface area contributed by atoms with E-state index in [2.05, 4.69) is 0 Å². The van der Waals surface area contributed by atoms with Crippen LogP contribution in [0, 0.1) is 0 Å². The van der Waals surface area contributed by atoms with Gasteiger partial charge in [0.1, 0.15) is 0 Å². The number of hydrogen-bond donors (Lipinski definition) is 0. The van der Waals surface area contributed by atoms with Crippen LogP contribution in [0.3, 0.4) is 0 Å². The zero-order valence-corrected chi connectivity index (χ0v) is 13.6. The second-order valence-corrected chi connectivity index (χ2v) is 7.88. The van der Waals surface area contributed by atoms with E-state index in [-0.39, 0.29) is 18.5 Å². The third-order valence-electron chi connectivity index (χ3n) is 4.31. The minimum absolute atomic E-state index is 0.0208. The molecule has 7 heteroatoms. The van der Waals surface area contributed by atoms with Crippen molar-refractivity contribution in [3.8, 4) is 0 Å². The number of carbonyl (C=O) groups is 1. The normalized spacial score (nSPS) is 22.3. The van der Waals surface area contributed by atoms with Gasteiger partial charge in [-0.05, 0) is 12.8 Å². The summed E-state index contributed by atoms with van der Waals surface area (Å²) in [5.74, 6) is -0.104. The van der Waals surface area contributed by atoms with E-state index in [1.165, 1.54) is 10.6 Å². The first-order valence-electron chi connectivity index (χ1n) is 7.81. The first-order chi connectivity index (χ1) is 9.98. The molecule has 1 saturated carbocycles. The van der Waals surface area contributed by atoms with Gasteiger partial charge in [0, 0.05) is 19.1 Å². The molecule has 0 radical (unpaired) electrons. The van der Waals surface area contributed by atoms with Gasteiger partial charge >= 0.3 is 0 Å². The molecular weight excluding hydrogens is 292 g/mol. The van der Waals surface area contributed by atoms with Gasteiger partial charge in [0.15, 0.2) is 0 Å². The highest BCUT2D eigenvalue weighted by molar-refractivity contribution is 7.88. The Labute approximate surface area is 127 Å². The van der Waals surface area contributed by atoms with Crippen LogP contribution in [0.2, 0.25) is 0 Å². The summed E-state index contributed by atoms with van der Waals surface area (Å²) in [5, 5.41) is 0. The molecule has 2 fully saturated rings. The Hall–Kier alpha value is -0.660. The van der Waals surface area contributed by atoms with Crippen LogP contribution in [-0.4, -0.2) is 68.7 Å². The summed E-state index contributed by atoms with van der Waals surface area (Å²) < 4.78 is 30.8. The molecule has 0 aromatic rings. The molecule has 2 rings (SSSR count). The Bertz CT molecular complexity index is 438. The zero-order chi connectivity index (χ0) is 15.3. The Morgan fingerprint density at radius 3 is 2.24 bits per heavy atom. The molecule has 1 aliphatic heterocycles. The van der Waals surface area contributed by atoms with Crippen molar-refractivity contribution in [3.05, 3.63) is 0 Å². The van der Waals surface area contributed by atoms with Crippen LogP contribution < -0.4 is 0 Å². The fourth-order valence-corrected chi connectivity index (χ4v) is 4.21. The molecule has 0 unspecified atom stereocenters. The van der Waals surface area contributed by atoms with E-state index in [0.717, 1.165) is 38.5 Å². The van der Waals surface area contributed by atoms with E-state index in [1.54, 1.807) is 4.90 Å². The third-order valence-corrected chi connectivity index (χ3v) is 5.59. The molecule has 2 aliphatic rings. The SMILES string of the molecule is CS(=O)(=O)N(CC(=O)N1CCOCC1)C1CCCCCC1. The molecule has 0 aromatic carbocycles. The molecule has 0 atom stereocenters. The van der Waals surface area contributed by atoms with E-state index in [4.69, 9.17) is 4.74 Å². The van der Waals surface area contributed by atoms with Crippen molar-refractivity contribution >= 4 is 15.9 Å². The molecular formula is C14H26N2O4S. The van der Waals surface area contributed by atoms with Gasteiger partial charge < -0.3 is 9.64 Å². The van der Waals surface area contributed by atoms with Crippen LogP contribution in [0.4, 0.5) is 0 Å². The van der Waals surface area contributed by atoms with Crippen LogP contribution >= 0.6 is 0 Å². The standard InChI is InChI=1S/C14H26N2O4S/c1-21(18,19)16(13-6-4-2-3-5-7-13)12-14(17)15-8-10-20-11-9-15/h13H,2-12H2,1H3. The van der Waals surface area contributed by atoms with Crippen LogP contribution in [0.5, 0.6) is 0 Å². The molecule has 6 nitrogen and oxygen atoms in total. The van der Waals surface area contributed by atoms with E-state index in [9.17, 15) is 13.2 Å². The third kappa shape index (κ3) is 4.93. The molecule has 1 aliphatic carbocycles. The van der Waals surface area contributed by atoms with E-state index < -0.39 is 10.0 Å². The molecule has 0 bridgehead atoms. The second-order valence-electron chi connectivity index (χ2n) is 5.95. The van der Waals surface area contributed by atoms with Crippen molar-refractivity contribution in [1.82, 2.24) is 9.21 Å². The smallest absolute Gasteiger partial charge is 0.238 e. The quantitative estimate of drug-likeness (QED) is 0.720. The fraction of sp³-hybridized carbons (Fsp3) is 0.929. The van der Waals surface area contributed by atoms with Crippen molar-refractivity contribution in [2.45, 2.75) is 44.6 Å². The van der Waals surface area contributed by atoms with Crippen molar-refractivity contribution in [1.29, 1.82) is 0 Å². The Kier molecular flexibility index (Phi) is 6.01. The van der Waals surface area contributed by atoms with Crippen molar-refractivity contribution in [2.24, 2.45) is 0 Å². The Balaban J connectivity index is 2.03. The van der Waals surface area contributed by atoms with Gasteiger partial charge in [-0.2, -0.15) is 4.31 Å². The predicted octanol–water partition coefficient (Wildman–Crippen LogP) is 0.830. The molecule has 1 saturated heterocycles. The van der Waals surface area contributed by atoms with Crippen LogP contribution in [-0.2, 0) is 19.6 Å². The lowest BCUT2D eigenvalue weighted by atomic mass is 10.1. The van der Waals surface area contributed by atoms with Crippen molar-refractivity contribution < 1.29 is 17.9 Å². The number of nitrogens with zero attached hydrogens (tertiary/aromatic N) is 2. The van der Waals surface area contributed by atoms with E-state index in [0.29, 0.717) is 26.3 Å². The van der Waals surface area contributed by atoms with E-state index in [1.807, 2.05) is 0 Å². The van der Waals surface area contributed by atoms with E-state index >= 15 is 0 Å². The summed E-state index contributed by atoms with van der Waals surface area (Å²) in [6.07, 6.45) is 7.35. The number of hydrogen-bond acceptors (Lipinski definition) is 4. The highest BCUT2D eigenvalue weighted by atomic mass is 32.2. The van der Waals surface area contributed by atoms with Crippen LogP contribution in [0.25, 0.3) is 0 Å². The molecule has 0 aromatic heterocycles. The highest BCUT2D eigenvalue weighted by Crippen LogP contribution is 2.23. The Morgan fingerprint density at radius 1 is 1.14 bits per heavy atom. The predicted molar refractivity (Wildman–Crippen MR) is 80.4 cm³/mol. The van der Waals surface area contributed by atoms with Crippen molar-refractivity contribution in [2.75, 3.05) is 39.1 Å². The average Bonchev–Trinajstić information content (AvgIpc) is 2.73. The minimum atomic E-state index is -3.36. The summed E-state index contributed by atoms with van der Waals surface area (Å²) in [7, 11) is -3.36. The number of amides is 1. The highest BCUT2D eigenvalue weighted by Gasteiger charge is 2.31. The second kappa shape index (κ2) is 7.56. The molecule has 122 valence electrons. The summed E-state index contributed by atoms with van der Waals surface area (Å²) >= 11 is 0. The lowest BCUT2D eigenvalue weighted by Gasteiger charge is -2.32. The van der Waals surface area contributed by atoms with Gasteiger partial charge in [0.25, 0.3) is 0 Å². The monoisotopic (exact) mass is 318 g/mol. The fourth-order valence-electron chi connectivity index (χ4n) is 3.11. The van der Waals surface area contributed by atoms with Gasteiger partial charge in [-0.25, -0.2) is 8.42 Å². The molecule has 1 amide bonds. The lowest BCUT2D eigenvalue weighted by Crippen LogP contribution is -2.49. The zero-order valence-electron chi connectivity index (χ0n) is 12.8. The minimum Gasteiger partial charge on any atom is -0.378 e. The summed E-state index contributed by atoms with van der Waals surface area (Å²) in [6, 6.07) is -0.0208. The first kappa shape index (κ1) is 16.7. The molecule has 1 heterocycles. The number of rotatable bonds is 4. The van der Waals surface area contributed by atoms with Crippen LogP contribution in [0.1, 0.15) is 38.5 Å². The van der Waals surface area contributed by atoms with Gasteiger partial charge in [0.05, 0.1) is 26.0 Å². The van der Waals surface area contributed by atoms with Gasteiger partial charge in [0.2, 0.25) is 15.9 Å². The summed E-state index contributed by atoms with van der Waals surface area (Å²) in [6.45, 7) is 2.16. The van der Waals surface area contributed by atoms with Gasteiger partial charge in [-0.3, -0.25) is 4.79 Å². The molecule has 0 spiro atoms. The molecule has 21 heavy (non-hydrogen) atoms. The van der Waals surface area contributed by atoms with Crippen molar-refractivity contribution in [3.63, 3.8) is 0 Å². The number of ether oxygens (including phenoxy) is 1. The lowest BCUT2D eigenvalue weighted by molar-refractivity contribution is -0.135.